The summed E-state index contributed by atoms with van der Waals surface area (Å²) in [7, 11) is 0. The quantitative estimate of drug-likeness (QED) is 0.468. The SMILES string of the molecule is CCCC(=O)N1CCCC(CN(C(=O)OC(C)(C)C)C2CC2c2ccccc2)C1.O=C(O)c1ccccc1. The number of carbonyl (C=O) groups is 3. The van der Waals surface area contributed by atoms with E-state index in [0.29, 0.717) is 30.4 Å². The molecule has 38 heavy (non-hydrogen) atoms. The largest absolute Gasteiger partial charge is 0.478 e. The van der Waals surface area contributed by atoms with E-state index in [0.717, 1.165) is 38.8 Å². The molecule has 3 atom stereocenters. The summed E-state index contributed by atoms with van der Waals surface area (Å²) in [6.07, 6.45) is 4.31. The molecule has 206 valence electrons. The second-order valence-corrected chi connectivity index (χ2v) is 11.2. The van der Waals surface area contributed by atoms with E-state index in [9.17, 15) is 14.4 Å². The van der Waals surface area contributed by atoms with Crippen molar-refractivity contribution in [3.63, 3.8) is 0 Å². The number of hydrogen-bond donors (Lipinski definition) is 1. The van der Waals surface area contributed by atoms with Crippen LogP contribution in [-0.2, 0) is 9.53 Å². The lowest BCUT2D eigenvalue weighted by atomic mass is 9.97. The molecular weight excluding hydrogens is 480 g/mol. The number of ether oxygens (including phenoxy) is 1. The lowest BCUT2D eigenvalue weighted by Crippen LogP contribution is -2.47. The number of aromatic carboxylic acids is 1. The number of piperidine rings is 1. The average Bonchev–Trinajstić information content (AvgIpc) is 3.69. The van der Waals surface area contributed by atoms with Crippen molar-refractivity contribution in [1.82, 2.24) is 9.80 Å². The summed E-state index contributed by atoms with van der Waals surface area (Å²) in [6, 6.07) is 18.9. The molecular formula is C31H42N2O5. The summed E-state index contributed by atoms with van der Waals surface area (Å²) in [5.41, 5.74) is 1.11. The zero-order chi connectivity index (χ0) is 27.7. The Bertz CT molecular complexity index is 1050. The topological polar surface area (TPSA) is 87.2 Å². The van der Waals surface area contributed by atoms with E-state index < -0.39 is 11.6 Å². The highest BCUT2D eigenvalue weighted by molar-refractivity contribution is 5.87. The summed E-state index contributed by atoms with van der Waals surface area (Å²) in [5.74, 6) is 0.0597. The fourth-order valence-electron chi connectivity index (χ4n) is 4.92. The Hall–Kier alpha value is -3.35. The second kappa shape index (κ2) is 13.4. The van der Waals surface area contributed by atoms with E-state index in [1.165, 1.54) is 5.56 Å². The number of carboxylic acids is 1. The summed E-state index contributed by atoms with van der Waals surface area (Å²) < 4.78 is 5.75. The van der Waals surface area contributed by atoms with Crippen LogP contribution >= 0.6 is 0 Å². The van der Waals surface area contributed by atoms with Crippen molar-refractivity contribution in [2.24, 2.45) is 5.92 Å². The summed E-state index contributed by atoms with van der Waals surface area (Å²) in [4.78, 5) is 39.5. The van der Waals surface area contributed by atoms with Crippen LogP contribution in [0.25, 0.3) is 0 Å². The molecule has 1 saturated carbocycles. The van der Waals surface area contributed by atoms with Gasteiger partial charge in [-0.1, -0.05) is 55.5 Å². The molecule has 2 fully saturated rings. The Morgan fingerprint density at radius 1 is 1.03 bits per heavy atom. The minimum Gasteiger partial charge on any atom is -0.478 e. The van der Waals surface area contributed by atoms with Gasteiger partial charge in [-0.3, -0.25) is 4.79 Å². The van der Waals surface area contributed by atoms with Gasteiger partial charge in [0.25, 0.3) is 0 Å². The summed E-state index contributed by atoms with van der Waals surface area (Å²) in [6.45, 7) is 10.0. The van der Waals surface area contributed by atoms with Gasteiger partial charge in [-0.05, 0) is 70.1 Å². The molecule has 0 spiro atoms. The van der Waals surface area contributed by atoms with Crippen molar-refractivity contribution in [3.8, 4) is 0 Å². The lowest BCUT2D eigenvalue weighted by Gasteiger charge is -2.36. The van der Waals surface area contributed by atoms with Crippen molar-refractivity contribution < 1.29 is 24.2 Å². The Kier molecular flexibility index (Phi) is 10.3. The summed E-state index contributed by atoms with van der Waals surface area (Å²) in [5, 5.41) is 8.38. The van der Waals surface area contributed by atoms with Crippen LogP contribution in [0.2, 0.25) is 0 Å². The molecule has 0 bridgehead atoms. The first-order chi connectivity index (χ1) is 18.1. The molecule has 7 nitrogen and oxygen atoms in total. The molecule has 7 heteroatoms. The van der Waals surface area contributed by atoms with Gasteiger partial charge in [-0.25, -0.2) is 9.59 Å². The van der Waals surface area contributed by atoms with Crippen LogP contribution in [0.3, 0.4) is 0 Å². The number of carboxylic acid groups (broad SMARTS) is 1. The number of likely N-dealkylation sites (tertiary alicyclic amines) is 1. The van der Waals surface area contributed by atoms with Crippen LogP contribution in [-0.4, -0.2) is 64.2 Å². The Morgan fingerprint density at radius 3 is 2.21 bits per heavy atom. The van der Waals surface area contributed by atoms with Crippen LogP contribution in [0, 0.1) is 5.92 Å². The van der Waals surface area contributed by atoms with Gasteiger partial charge in [0.2, 0.25) is 5.91 Å². The smallest absolute Gasteiger partial charge is 0.410 e. The normalized spacial score (nSPS) is 20.5. The van der Waals surface area contributed by atoms with E-state index in [2.05, 4.69) is 24.3 Å². The van der Waals surface area contributed by atoms with E-state index >= 15 is 0 Å². The number of benzene rings is 2. The van der Waals surface area contributed by atoms with Gasteiger partial charge in [0.05, 0.1) is 5.56 Å². The molecule has 1 N–H and O–H groups in total. The minimum absolute atomic E-state index is 0.189. The molecule has 2 aliphatic rings. The highest BCUT2D eigenvalue weighted by Crippen LogP contribution is 2.45. The fraction of sp³-hybridized carbons (Fsp3) is 0.516. The maximum atomic E-state index is 13.0. The van der Waals surface area contributed by atoms with Crippen LogP contribution in [0.15, 0.2) is 60.7 Å². The number of carbonyl (C=O) groups excluding carboxylic acids is 2. The molecule has 0 radical (unpaired) electrons. The van der Waals surface area contributed by atoms with Crippen LogP contribution in [0.5, 0.6) is 0 Å². The first kappa shape index (κ1) is 29.2. The third kappa shape index (κ3) is 8.89. The van der Waals surface area contributed by atoms with Crippen molar-refractivity contribution in [2.75, 3.05) is 19.6 Å². The number of hydrogen-bond acceptors (Lipinski definition) is 4. The van der Waals surface area contributed by atoms with Gasteiger partial charge >= 0.3 is 12.1 Å². The first-order valence-corrected chi connectivity index (χ1v) is 13.7. The predicted molar refractivity (Wildman–Crippen MR) is 148 cm³/mol. The molecule has 1 heterocycles. The van der Waals surface area contributed by atoms with Crippen LogP contribution in [0.4, 0.5) is 4.79 Å². The standard InChI is InChI=1S/C24H36N2O3.C7H6O2/c1-5-10-22(27)25-14-9-11-18(16-25)17-26(23(28)29-24(2,3)4)21-15-20(21)19-12-7-6-8-13-19;8-7(9)6-4-2-1-3-5-6/h6-8,12-13,18,20-21H,5,9-11,14-17H2,1-4H3;1-5H,(H,8,9). The molecule has 2 amide bonds. The lowest BCUT2D eigenvalue weighted by molar-refractivity contribution is -0.133. The number of rotatable bonds is 7. The monoisotopic (exact) mass is 522 g/mol. The zero-order valence-corrected chi connectivity index (χ0v) is 23.1. The molecule has 1 aliphatic heterocycles. The molecule has 0 aromatic heterocycles. The third-order valence-corrected chi connectivity index (χ3v) is 6.82. The average molecular weight is 523 g/mol. The Morgan fingerprint density at radius 2 is 1.66 bits per heavy atom. The highest BCUT2D eigenvalue weighted by atomic mass is 16.6. The van der Waals surface area contributed by atoms with E-state index in [4.69, 9.17) is 9.84 Å². The number of nitrogens with zero attached hydrogens (tertiary/aromatic N) is 2. The third-order valence-electron chi connectivity index (χ3n) is 6.82. The van der Waals surface area contributed by atoms with Crippen molar-refractivity contribution >= 4 is 18.0 Å². The summed E-state index contributed by atoms with van der Waals surface area (Å²) >= 11 is 0. The molecule has 2 aromatic carbocycles. The van der Waals surface area contributed by atoms with Gasteiger partial charge in [-0.15, -0.1) is 0 Å². The van der Waals surface area contributed by atoms with E-state index in [1.807, 2.05) is 43.6 Å². The van der Waals surface area contributed by atoms with Gasteiger partial charge in [0, 0.05) is 38.0 Å². The van der Waals surface area contributed by atoms with Crippen molar-refractivity contribution in [2.45, 2.75) is 77.4 Å². The van der Waals surface area contributed by atoms with Gasteiger partial charge in [-0.2, -0.15) is 0 Å². The minimum atomic E-state index is -0.879. The fourth-order valence-corrected chi connectivity index (χ4v) is 4.92. The molecule has 4 rings (SSSR count). The highest BCUT2D eigenvalue weighted by Gasteiger charge is 2.46. The van der Waals surface area contributed by atoms with E-state index in [1.54, 1.807) is 30.3 Å². The van der Waals surface area contributed by atoms with Gasteiger partial charge < -0.3 is 19.6 Å². The second-order valence-electron chi connectivity index (χ2n) is 11.2. The van der Waals surface area contributed by atoms with Gasteiger partial charge in [0.1, 0.15) is 5.60 Å². The molecule has 1 aliphatic carbocycles. The number of amides is 2. The van der Waals surface area contributed by atoms with Crippen molar-refractivity contribution in [3.05, 3.63) is 71.8 Å². The maximum absolute atomic E-state index is 13.0. The Balaban J connectivity index is 0.000000375. The van der Waals surface area contributed by atoms with Crippen LogP contribution < -0.4 is 0 Å². The van der Waals surface area contributed by atoms with Crippen molar-refractivity contribution in [1.29, 1.82) is 0 Å². The molecule has 3 unspecified atom stereocenters. The first-order valence-electron chi connectivity index (χ1n) is 13.7. The molecule has 1 saturated heterocycles. The zero-order valence-electron chi connectivity index (χ0n) is 23.1. The van der Waals surface area contributed by atoms with Crippen LogP contribution in [0.1, 0.15) is 81.6 Å². The Labute approximate surface area is 226 Å². The maximum Gasteiger partial charge on any atom is 0.410 e. The molecule has 2 aromatic rings. The predicted octanol–water partition coefficient (Wildman–Crippen LogP) is 6.20. The van der Waals surface area contributed by atoms with E-state index in [-0.39, 0.29) is 18.0 Å². The van der Waals surface area contributed by atoms with Gasteiger partial charge in [0.15, 0.2) is 0 Å².